The van der Waals surface area contributed by atoms with Crippen LogP contribution in [0, 0.1) is 0 Å². The molecule has 1 aromatic rings. The average molecular weight is 281 g/mol. The van der Waals surface area contributed by atoms with Gasteiger partial charge in [0.2, 0.25) is 0 Å². The van der Waals surface area contributed by atoms with E-state index in [1.54, 1.807) is 0 Å². The van der Waals surface area contributed by atoms with Crippen molar-refractivity contribution in [3.8, 4) is 0 Å². The zero-order valence-corrected chi connectivity index (χ0v) is 12.6. The molecule has 1 aliphatic rings. The van der Waals surface area contributed by atoms with Crippen molar-refractivity contribution in [1.82, 2.24) is 0 Å². The van der Waals surface area contributed by atoms with Crippen LogP contribution in [0.1, 0.15) is 62.5 Å². The van der Waals surface area contributed by atoms with E-state index < -0.39 is 0 Å². The highest BCUT2D eigenvalue weighted by molar-refractivity contribution is 6.20. The first-order valence-corrected chi connectivity index (χ1v) is 8.05. The molecule has 19 heavy (non-hydrogen) atoms. The van der Waals surface area contributed by atoms with E-state index in [9.17, 15) is 5.11 Å². The standard InChI is InChI=1S/C17H25ClO/c1-2-3-4-5-6-13-7-9-14(10-8-13)16-11-15(18)12-17(16)19/h7-10,15-17,19H,2-6,11-12H2,1H3. The lowest BCUT2D eigenvalue weighted by Gasteiger charge is -2.15. The molecule has 1 nitrogen and oxygen atoms in total. The summed E-state index contributed by atoms with van der Waals surface area (Å²) in [6.07, 6.45) is 7.77. The molecule has 3 atom stereocenters. The summed E-state index contributed by atoms with van der Waals surface area (Å²) in [6, 6.07) is 8.79. The Morgan fingerprint density at radius 1 is 1.11 bits per heavy atom. The summed E-state index contributed by atoms with van der Waals surface area (Å²) in [5, 5.41) is 10.1. The predicted molar refractivity (Wildman–Crippen MR) is 81.9 cm³/mol. The molecule has 0 radical (unpaired) electrons. The van der Waals surface area contributed by atoms with E-state index in [0.717, 1.165) is 12.8 Å². The minimum Gasteiger partial charge on any atom is -0.392 e. The molecule has 1 N–H and O–H groups in total. The molecule has 1 aromatic carbocycles. The second-order valence-corrected chi connectivity index (χ2v) is 6.41. The molecular formula is C17H25ClO. The van der Waals surface area contributed by atoms with Gasteiger partial charge in [-0.05, 0) is 36.8 Å². The lowest BCUT2D eigenvalue weighted by Crippen LogP contribution is -2.10. The number of hydrogen-bond acceptors (Lipinski definition) is 1. The maximum absolute atomic E-state index is 10.00. The number of alkyl halides is 1. The van der Waals surface area contributed by atoms with Gasteiger partial charge < -0.3 is 5.11 Å². The lowest BCUT2D eigenvalue weighted by molar-refractivity contribution is 0.164. The van der Waals surface area contributed by atoms with Crippen LogP contribution in [-0.4, -0.2) is 16.6 Å². The van der Waals surface area contributed by atoms with Crippen LogP contribution in [0.3, 0.4) is 0 Å². The average Bonchev–Trinajstić information content (AvgIpc) is 2.75. The largest absolute Gasteiger partial charge is 0.392 e. The Kier molecular flexibility index (Phi) is 5.72. The van der Waals surface area contributed by atoms with Crippen molar-refractivity contribution < 1.29 is 5.11 Å². The predicted octanol–water partition coefficient (Wildman–Crippen LogP) is 4.66. The van der Waals surface area contributed by atoms with Gasteiger partial charge in [-0.15, -0.1) is 11.6 Å². The lowest BCUT2D eigenvalue weighted by atomic mass is 9.94. The summed E-state index contributed by atoms with van der Waals surface area (Å²) in [6.45, 7) is 2.24. The van der Waals surface area contributed by atoms with Crippen LogP contribution in [-0.2, 0) is 6.42 Å². The molecule has 2 heteroatoms. The number of benzene rings is 1. The van der Waals surface area contributed by atoms with Crippen LogP contribution in [0.5, 0.6) is 0 Å². The third-order valence-corrected chi connectivity index (χ3v) is 4.55. The van der Waals surface area contributed by atoms with Crippen molar-refractivity contribution in [3.05, 3.63) is 35.4 Å². The summed E-state index contributed by atoms with van der Waals surface area (Å²) >= 11 is 6.12. The number of aliphatic hydroxyl groups excluding tert-OH is 1. The Labute approximate surface area is 122 Å². The van der Waals surface area contributed by atoms with Gasteiger partial charge in [0.15, 0.2) is 0 Å². The molecule has 3 unspecified atom stereocenters. The smallest absolute Gasteiger partial charge is 0.0623 e. The third kappa shape index (κ3) is 4.22. The third-order valence-electron chi connectivity index (χ3n) is 4.20. The molecule has 1 aliphatic carbocycles. The van der Waals surface area contributed by atoms with E-state index in [-0.39, 0.29) is 17.4 Å². The van der Waals surface area contributed by atoms with Crippen LogP contribution in [0.15, 0.2) is 24.3 Å². The highest BCUT2D eigenvalue weighted by atomic mass is 35.5. The Morgan fingerprint density at radius 2 is 1.84 bits per heavy atom. The Morgan fingerprint density at radius 3 is 2.42 bits per heavy atom. The van der Waals surface area contributed by atoms with Crippen molar-refractivity contribution in [2.24, 2.45) is 0 Å². The molecule has 0 spiro atoms. The molecule has 0 bridgehead atoms. The van der Waals surface area contributed by atoms with Gasteiger partial charge in [-0.3, -0.25) is 0 Å². The quantitative estimate of drug-likeness (QED) is 0.594. The van der Waals surface area contributed by atoms with Crippen molar-refractivity contribution in [1.29, 1.82) is 0 Å². The molecular weight excluding hydrogens is 256 g/mol. The van der Waals surface area contributed by atoms with E-state index in [0.29, 0.717) is 0 Å². The van der Waals surface area contributed by atoms with Gasteiger partial charge in [-0.1, -0.05) is 50.5 Å². The summed E-state index contributed by atoms with van der Waals surface area (Å²) in [4.78, 5) is 0. The first-order valence-electron chi connectivity index (χ1n) is 7.61. The highest BCUT2D eigenvalue weighted by Gasteiger charge is 2.32. The van der Waals surface area contributed by atoms with Gasteiger partial charge in [0.1, 0.15) is 0 Å². The van der Waals surface area contributed by atoms with Gasteiger partial charge in [0, 0.05) is 11.3 Å². The Bertz CT molecular complexity index is 373. The van der Waals surface area contributed by atoms with Gasteiger partial charge in [0.05, 0.1) is 6.10 Å². The zero-order valence-electron chi connectivity index (χ0n) is 11.8. The molecule has 2 rings (SSSR count). The van der Waals surface area contributed by atoms with E-state index in [1.807, 2.05) is 0 Å². The van der Waals surface area contributed by atoms with Gasteiger partial charge in [-0.25, -0.2) is 0 Å². The van der Waals surface area contributed by atoms with Crippen molar-refractivity contribution in [2.75, 3.05) is 0 Å². The molecule has 0 heterocycles. The fourth-order valence-electron chi connectivity index (χ4n) is 3.00. The molecule has 0 amide bonds. The van der Waals surface area contributed by atoms with Crippen LogP contribution >= 0.6 is 11.6 Å². The van der Waals surface area contributed by atoms with Gasteiger partial charge in [-0.2, -0.15) is 0 Å². The van der Waals surface area contributed by atoms with Crippen LogP contribution in [0.2, 0.25) is 0 Å². The van der Waals surface area contributed by atoms with Crippen LogP contribution in [0.25, 0.3) is 0 Å². The van der Waals surface area contributed by atoms with E-state index in [1.165, 1.54) is 43.2 Å². The molecule has 1 saturated carbocycles. The Hall–Kier alpha value is -0.530. The first-order chi connectivity index (χ1) is 9.20. The molecule has 0 aliphatic heterocycles. The van der Waals surface area contributed by atoms with Crippen molar-refractivity contribution in [2.45, 2.75) is 69.3 Å². The Balaban J connectivity index is 1.87. The summed E-state index contributed by atoms with van der Waals surface area (Å²) in [5.41, 5.74) is 2.66. The fourth-order valence-corrected chi connectivity index (χ4v) is 3.38. The number of hydrogen-bond donors (Lipinski definition) is 1. The molecule has 106 valence electrons. The summed E-state index contributed by atoms with van der Waals surface area (Å²) in [7, 11) is 0. The van der Waals surface area contributed by atoms with E-state index >= 15 is 0 Å². The number of rotatable bonds is 6. The second-order valence-electron chi connectivity index (χ2n) is 5.79. The number of unbranched alkanes of at least 4 members (excludes halogenated alkanes) is 3. The maximum atomic E-state index is 10.00. The minimum absolute atomic E-state index is 0.133. The molecule has 0 aromatic heterocycles. The molecule has 0 saturated heterocycles. The van der Waals surface area contributed by atoms with Crippen molar-refractivity contribution in [3.63, 3.8) is 0 Å². The van der Waals surface area contributed by atoms with E-state index in [2.05, 4.69) is 31.2 Å². The number of aliphatic hydroxyl groups is 1. The summed E-state index contributed by atoms with van der Waals surface area (Å²) in [5.74, 6) is 0.233. The first kappa shape index (κ1) is 14.9. The second kappa shape index (κ2) is 7.31. The highest BCUT2D eigenvalue weighted by Crippen LogP contribution is 2.37. The fraction of sp³-hybridized carbons (Fsp3) is 0.647. The molecule has 1 fully saturated rings. The van der Waals surface area contributed by atoms with E-state index in [4.69, 9.17) is 11.6 Å². The monoisotopic (exact) mass is 280 g/mol. The minimum atomic E-state index is -0.266. The number of aryl methyl sites for hydroxylation is 1. The zero-order chi connectivity index (χ0) is 13.7. The maximum Gasteiger partial charge on any atom is 0.0623 e. The topological polar surface area (TPSA) is 20.2 Å². The van der Waals surface area contributed by atoms with Gasteiger partial charge in [0.25, 0.3) is 0 Å². The summed E-state index contributed by atoms with van der Waals surface area (Å²) < 4.78 is 0. The SMILES string of the molecule is CCCCCCc1ccc(C2CC(Cl)CC2O)cc1. The van der Waals surface area contributed by atoms with Crippen molar-refractivity contribution >= 4 is 11.6 Å². The van der Waals surface area contributed by atoms with Gasteiger partial charge >= 0.3 is 0 Å². The van der Waals surface area contributed by atoms with Crippen LogP contribution < -0.4 is 0 Å². The normalized spacial score (nSPS) is 26.8. The van der Waals surface area contributed by atoms with Crippen LogP contribution in [0.4, 0.5) is 0 Å². The number of halogens is 1.